The van der Waals surface area contributed by atoms with Crippen molar-refractivity contribution >= 4 is 0 Å². The predicted octanol–water partition coefficient (Wildman–Crippen LogP) is 2.94. The van der Waals surface area contributed by atoms with Gasteiger partial charge in [0.15, 0.2) is 0 Å². The lowest BCUT2D eigenvalue weighted by Gasteiger charge is -2.41. The molecular weight excluding hydrogens is 248 g/mol. The van der Waals surface area contributed by atoms with E-state index in [-0.39, 0.29) is 0 Å². The van der Waals surface area contributed by atoms with E-state index < -0.39 is 0 Å². The van der Waals surface area contributed by atoms with Crippen LogP contribution in [0.2, 0.25) is 0 Å². The molecule has 0 amide bonds. The van der Waals surface area contributed by atoms with Crippen molar-refractivity contribution in [2.45, 2.75) is 82.4 Å². The standard InChI is InChI=1S/C17H32N2O/c1-15-7-11-18-17(9-3-2-4-10-17)14-19(15)12-8-16-6-5-13-20-16/h15-16,18H,2-14H2,1H3. The van der Waals surface area contributed by atoms with Gasteiger partial charge in [-0.1, -0.05) is 19.3 Å². The molecule has 3 rings (SSSR count). The summed E-state index contributed by atoms with van der Waals surface area (Å²) < 4.78 is 5.81. The maximum Gasteiger partial charge on any atom is 0.0588 e. The Morgan fingerprint density at radius 1 is 1.15 bits per heavy atom. The van der Waals surface area contributed by atoms with Gasteiger partial charge in [0, 0.05) is 31.3 Å². The minimum Gasteiger partial charge on any atom is -0.378 e. The fourth-order valence-corrected chi connectivity index (χ4v) is 4.37. The predicted molar refractivity (Wildman–Crippen MR) is 83.1 cm³/mol. The van der Waals surface area contributed by atoms with Crippen molar-refractivity contribution in [3.8, 4) is 0 Å². The van der Waals surface area contributed by atoms with Gasteiger partial charge in [0.2, 0.25) is 0 Å². The molecule has 1 spiro atoms. The first-order chi connectivity index (χ1) is 9.77. The van der Waals surface area contributed by atoms with Crippen LogP contribution in [0.1, 0.15) is 64.7 Å². The molecule has 20 heavy (non-hydrogen) atoms. The molecule has 2 atom stereocenters. The molecule has 2 aliphatic heterocycles. The number of nitrogens with one attached hydrogen (secondary N) is 1. The largest absolute Gasteiger partial charge is 0.378 e. The smallest absolute Gasteiger partial charge is 0.0588 e. The van der Waals surface area contributed by atoms with E-state index >= 15 is 0 Å². The molecule has 3 fully saturated rings. The van der Waals surface area contributed by atoms with Crippen molar-refractivity contribution in [2.75, 3.05) is 26.2 Å². The van der Waals surface area contributed by atoms with Gasteiger partial charge < -0.3 is 10.1 Å². The summed E-state index contributed by atoms with van der Waals surface area (Å²) in [5, 5.41) is 3.91. The highest BCUT2D eigenvalue weighted by atomic mass is 16.5. The molecule has 1 saturated carbocycles. The topological polar surface area (TPSA) is 24.5 Å². The van der Waals surface area contributed by atoms with E-state index in [1.807, 2.05) is 0 Å². The summed E-state index contributed by atoms with van der Waals surface area (Å²) in [6, 6.07) is 0.727. The van der Waals surface area contributed by atoms with Crippen LogP contribution in [0.3, 0.4) is 0 Å². The molecule has 2 heterocycles. The van der Waals surface area contributed by atoms with Gasteiger partial charge in [-0.25, -0.2) is 0 Å². The van der Waals surface area contributed by atoms with E-state index in [4.69, 9.17) is 4.74 Å². The second-order valence-corrected chi connectivity index (χ2v) is 7.30. The fourth-order valence-electron chi connectivity index (χ4n) is 4.37. The highest BCUT2D eigenvalue weighted by molar-refractivity contribution is 4.96. The summed E-state index contributed by atoms with van der Waals surface area (Å²) >= 11 is 0. The van der Waals surface area contributed by atoms with Crippen LogP contribution in [-0.4, -0.2) is 48.8 Å². The van der Waals surface area contributed by atoms with Crippen molar-refractivity contribution in [3.05, 3.63) is 0 Å². The zero-order valence-electron chi connectivity index (χ0n) is 13.2. The van der Waals surface area contributed by atoms with E-state index in [1.54, 1.807) is 0 Å². The van der Waals surface area contributed by atoms with Crippen molar-refractivity contribution in [1.82, 2.24) is 10.2 Å². The molecule has 2 saturated heterocycles. The van der Waals surface area contributed by atoms with Gasteiger partial charge in [-0.2, -0.15) is 0 Å². The first-order valence-electron chi connectivity index (χ1n) is 8.88. The van der Waals surface area contributed by atoms with Gasteiger partial charge in [0.05, 0.1) is 6.10 Å². The number of nitrogens with zero attached hydrogens (tertiary/aromatic N) is 1. The summed E-state index contributed by atoms with van der Waals surface area (Å²) in [7, 11) is 0. The van der Waals surface area contributed by atoms with Crippen LogP contribution in [0.25, 0.3) is 0 Å². The fraction of sp³-hybridized carbons (Fsp3) is 1.00. The maximum absolute atomic E-state index is 5.81. The average molecular weight is 280 g/mol. The second kappa shape index (κ2) is 6.76. The van der Waals surface area contributed by atoms with Crippen LogP contribution >= 0.6 is 0 Å². The van der Waals surface area contributed by atoms with Gasteiger partial charge >= 0.3 is 0 Å². The summed E-state index contributed by atoms with van der Waals surface area (Å²) in [5.41, 5.74) is 0.430. The lowest BCUT2D eigenvalue weighted by molar-refractivity contribution is 0.0763. The number of hydrogen-bond acceptors (Lipinski definition) is 3. The third-order valence-electron chi connectivity index (χ3n) is 5.76. The van der Waals surface area contributed by atoms with E-state index in [0.29, 0.717) is 11.6 Å². The zero-order chi connectivity index (χ0) is 13.8. The zero-order valence-corrected chi connectivity index (χ0v) is 13.2. The third-order valence-corrected chi connectivity index (χ3v) is 5.76. The van der Waals surface area contributed by atoms with Crippen molar-refractivity contribution in [2.24, 2.45) is 0 Å². The molecule has 1 aliphatic carbocycles. The molecule has 2 unspecified atom stereocenters. The van der Waals surface area contributed by atoms with E-state index in [0.717, 1.165) is 12.6 Å². The van der Waals surface area contributed by atoms with Gasteiger partial charge in [-0.05, 0) is 52.0 Å². The summed E-state index contributed by atoms with van der Waals surface area (Å²) in [6.07, 6.45) is 12.7. The molecule has 0 aromatic heterocycles. The second-order valence-electron chi connectivity index (χ2n) is 7.30. The van der Waals surface area contributed by atoms with Gasteiger partial charge in [0.25, 0.3) is 0 Å². The van der Waals surface area contributed by atoms with Gasteiger partial charge in [0.1, 0.15) is 0 Å². The lowest BCUT2D eigenvalue weighted by atomic mass is 9.81. The highest BCUT2D eigenvalue weighted by Crippen LogP contribution is 2.31. The Hall–Kier alpha value is -0.120. The Labute approximate surface area is 124 Å². The number of ether oxygens (including phenoxy) is 1. The molecular formula is C17H32N2O. The Bertz CT molecular complexity index is 295. The lowest BCUT2D eigenvalue weighted by Crippen LogP contribution is -2.53. The normalized spacial score (nSPS) is 35.2. The minimum absolute atomic E-state index is 0.430. The monoisotopic (exact) mass is 280 g/mol. The van der Waals surface area contributed by atoms with Crippen molar-refractivity contribution < 1.29 is 4.74 Å². The van der Waals surface area contributed by atoms with Gasteiger partial charge in [-0.15, -0.1) is 0 Å². The van der Waals surface area contributed by atoms with E-state index in [1.165, 1.54) is 77.4 Å². The SMILES string of the molecule is CC1CCNC2(CCCCC2)CN1CCC1CCCO1. The summed E-state index contributed by atoms with van der Waals surface area (Å²) in [4.78, 5) is 2.76. The Balaban J connectivity index is 1.57. The van der Waals surface area contributed by atoms with Crippen molar-refractivity contribution in [1.29, 1.82) is 0 Å². The molecule has 3 nitrogen and oxygen atoms in total. The molecule has 0 aromatic carbocycles. The molecule has 0 radical (unpaired) electrons. The molecule has 116 valence electrons. The van der Waals surface area contributed by atoms with Crippen molar-refractivity contribution in [3.63, 3.8) is 0 Å². The van der Waals surface area contributed by atoms with Crippen LogP contribution in [0.5, 0.6) is 0 Å². The van der Waals surface area contributed by atoms with E-state index in [9.17, 15) is 0 Å². The Morgan fingerprint density at radius 2 is 2.00 bits per heavy atom. The average Bonchev–Trinajstić information content (AvgIpc) is 2.93. The highest BCUT2D eigenvalue weighted by Gasteiger charge is 2.36. The Morgan fingerprint density at radius 3 is 2.75 bits per heavy atom. The molecule has 3 heteroatoms. The van der Waals surface area contributed by atoms with E-state index in [2.05, 4.69) is 17.1 Å². The van der Waals surface area contributed by atoms with Crippen LogP contribution in [0.15, 0.2) is 0 Å². The maximum atomic E-state index is 5.81. The molecule has 1 N–H and O–H groups in total. The van der Waals surface area contributed by atoms with Crippen LogP contribution in [0, 0.1) is 0 Å². The molecule has 0 bridgehead atoms. The quantitative estimate of drug-likeness (QED) is 0.860. The van der Waals surface area contributed by atoms with Crippen LogP contribution in [-0.2, 0) is 4.74 Å². The van der Waals surface area contributed by atoms with Crippen LogP contribution < -0.4 is 5.32 Å². The third kappa shape index (κ3) is 3.55. The first kappa shape index (κ1) is 14.8. The molecule has 3 aliphatic rings. The number of rotatable bonds is 3. The van der Waals surface area contributed by atoms with Crippen LogP contribution in [0.4, 0.5) is 0 Å². The Kier molecular flexibility index (Phi) is 5.00. The summed E-state index contributed by atoms with van der Waals surface area (Å²) in [5.74, 6) is 0. The first-order valence-corrected chi connectivity index (χ1v) is 8.88. The summed E-state index contributed by atoms with van der Waals surface area (Å²) in [6.45, 7) is 7.11. The number of hydrogen-bond donors (Lipinski definition) is 1. The molecule has 0 aromatic rings. The van der Waals surface area contributed by atoms with Gasteiger partial charge in [-0.3, -0.25) is 4.90 Å². The minimum atomic E-state index is 0.430.